The Labute approximate surface area is 192 Å². The highest BCUT2D eigenvalue weighted by Crippen LogP contribution is 2.27. The molecule has 0 atom stereocenters. The molecule has 7 nitrogen and oxygen atoms in total. The Bertz CT molecular complexity index is 1180. The number of amides is 1. The van der Waals surface area contributed by atoms with E-state index < -0.39 is 0 Å². The number of rotatable bonds is 7. The molecule has 1 aliphatic carbocycles. The number of hydrogen-bond acceptors (Lipinski definition) is 5. The lowest BCUT2D eigenvalue weighted by Crippen LogP contribution is -2.36. The van der Waals surface area contributed by atoms with Gasteiger partial charge in [-0.1, -0.05) is 30.7 Å². The minimum absolute atomic E-state index is 0.0345. The van der Waals surface area contributed by atoms with Crippen molar-refractivity contribution in [3.8, 4) is 17.1 Å². The number of benzene rings is 2. The van der Waals surface area contributed by atoms with Crippen molar-refractivity contribution in [3.05, 3.63) is 75.7 Å². The van der Waals surface area contributed by atoms with Crippen LogP contribution in [0.3, 0.4) is 0 Å². The van der Waals surface area contributed by atoms with Crippen LogP contribution in [0.15, 0.2) is 53.3 Å². The van der Waals surface area contributed by atoms with Crippen LogP contribution in [0.2, 0.25) is 0 Å². The Kier molecular flexibility index (Phi) is 6.19. The van der Waals surface area contributed by atoms with E-state index in [0.717, 1.165) is 24.3 Å². The first-order chi connectivity index (χ1) is 16.2. The minimum atomic E-state index is -0.304. The molecule has 0 unspecified atom stereocenters. The maximum absolute atomic E-state index is 12.7. The first-order valence-corrected chi connectivity index (χ1v) is 11.7. The zero-order valence-electron chi connectivity index (χ0n) is 18.6. The fourth-order valence-electron chi connectivity index (χ4n) is 4.33. The number of hydrogen-bond donors (Lipinski definition) is 1. The van der Waals surface area contributed by atoms with Gasteiger partial charge in [0.05, 0.1) is 6.61 Å². The topological polar surface area (TPSA) is 88.2 Å². The predicted octanol–water partition coefficient (Wildman–Crippen LogP) is 3.53. The van der Waals surface area contributed by atoms with E-state index >= 15 is 0 Å². The molecular weight excluding hydrogens is 416 g/mol. The number of carbonyl (C=O) groups excluding carboxylic acids is 1. The molecule has 0 spiro atoms. The second kappa shape index (κ2) is 9.57. The number of fused-ring (bicyclic) bond motifs is 1. The maximum Gasteiger partial charge on any atom is 0.273 e. The smallest absolute Gasteiger partial charge is 0.273 e. The molecule has 1 fully saturated rings. The molecule has 33 heavy (non-hydrogen) atoms. The van der Waals surface area contributed by atoms with Gasteiger partial charge in [-0.05, 0) is 60.6 Å². The van der Waals surface area contributed by atoms with E-state index in [0.29, 0.717) is 24.8 Å². The summed E-state index contributed by atoms with van der Waals surface area (Å²) in [4.78, 5) is 29.9. The Morgan fingerprint density at radius 1 is 1.06 bits per heavy atom. The van der Waals surface area contributed by atoms with E-state index in [9.17, 15) is 9.59 Å². The predicted molar refractivity (Wildman–Crippen MR) is 125 cm³/mol. The highest BCUT2D eigenvalue weighted by atomic mass is 16.5. The summed E-state index contributed by atoms with van der Waals surface area (Å²) in [7, 11) is 0. The van der Waals surface area contributed by atoms with Gasteiger partial charge >= 0.3 is 0 Å². The summed E-state index contributed by atoms with van der Waals surface area (Å²) in [5.74, 6) is 1.94. The average molecular weight is 445 g/mol. The first kappa shape index (κ1) is 21.4. The van der Waals surface area contributed by atoms with Crippen LogP contribution in [0.4, 0.5) is 0 Å². The molecule has 170 valence electrons. The Hall–Kier alpha value is -3.48. The minimum Gasteiger partial charge on any atom is -0.493 e. The molecule has 1 aromatic heterocycles. The molecule has 1 amide bonds. The van der Waals surface area contributed by atoms with Gasteiger partial charge < -0.3 is 14.6 Å². The first-order valence-electron chi connectivity index (χ1n) is 11.7. The largest absolute Gasteiger partial charge is 0.493 e. The molecule has 0 bridgehead atoms. The molecule has 7 heteroatoms. The van der Waals surface area contributed by atoms with E-state index in [-0.39, 0.29) is 30.0 Å². The van der Waals surface area contributed by atoms with Crippen LogP contribution in [0.25, 0.3) is 11.4 Å². The van der Waals surface area contributed by atoms with Crippen LogP contribution < -0.4 is 10.3 Å². The van der Waals surface area contributed by atoms with E-state index in [1.807, 2.05) is 41.3 Å². The summed E-state index contributed by atoms with van der Waals surface area (Å²) in [6, 6.07) is 15.7. The summed E-state index contributed by atoms with van der Waals surface area (Å²) >= 11 is 0. The van der Waals surface area contributed by atoms with E-state index in [2.05, 4.69) is 27.3 Å². The van der Waals surface area contributed by atoms with Crippen molar-refractivity contribution in [2.24, 2.45) is 5.92 Å². The van der Waals surface area contributed by atoms with Gasteiger partial charge in [-0.15, -0.1) is 10.2 Å². The van der Waals surface area contributed by atoms with Gasteiger partial charge in [0.2, 0.25) is 5.91 Å². The summed E-state index contributed by atoms with van der Waals surface area (Å²) in [5, 5.41) is 8.30. The average Bonchev–Trinajstić information content (AvgIpc) is 2.82. The van der Waals surface area contributed by atoms with Gasteiger partial charge in [-0.25, -0.2) is 0 Å². The van der Waals surface area contributed by atoms with Crippen LogP contribution in [0.1, 0.15) is 42.5 Å². The lowest BCUT2D eigenvalue weighted by molar-refractivity contribution is -0.132. The molecule has 0 saturated heterocycles. The number of nitrogens with one attached hydrogen (secondary N) is 1. The molecule has 0 radical (unpaired) electrons. The van der Waals surface area contributed by atoms with Crippen LogP contribution in [-0.2, 0) is 24.2 Å². The number of aromatic amines is 1. The monoisotopic (exact) mass is 444 g/mol. The van der Waals surface area contributed by atoms with Gasteiger partial charge in [0, 0.05) is 31.5 Å². The molecule has 2 aliphatic rings. The fourth-order valence-corrected chi connectivity index (χ4v) is 4.33. The number of H-pyrrole nitrogens is 1. The normalized spacial score (nSPS) is 15.6. The zero-order valence-corrected chi connectivity index (χ0v) is 18.6. The van der Waals surface area contributed by atoms with Crippen LogP contribution in [0, 0.1) is 5.92 Å². The number of nitrogens with zero attached hydrogens (tertiary/aromatic N) is 3. The van der Waals surface area contributed by atoms with Crippen molar-refractivity contribution in [1.29, 1.82) is 0 Å². The zero-order chi connectivity index (χ0) is 22.6. The SMILES string of the molecule is O=C(CCc1nnc(-c2ccc(OCC3CCC3)cc2)[nH]c1=O)N1CCc2ccccc2C1. The molecule has 2 heterocycles. The van der Waals surface area contributed by atoms with Crippen LogP contribution in [-0.4, -0.2) is 39.1 Å². The lowest BCUT2D eigenvalue weighted by Gasteiger charge is -2.28. The third kappa shape index (κ3) is 4.97. The number of aryl methyl sites for hydroxylation is 1. The molecular formula is C26H28N4O3. The van der Waals surface area contributed by atoms with E-state index in [1.165, 1.54) is 30.4 Å². The Morgan fingerprint density at radius 2 is 1.85 bits per heavy atom. The van der Waals surface area contributed by atoms with Crippen molar-refractivity contribution in [2.75, 3.05) is 13.2 Å². The molecule has 3 aromatic rings. The Balaban J connectivity index is 1.17. The van der Waals surface area contributed by atoms with Crippen molar-refractivity contribution >= 4 is 5.91 Å². The maximum atomic E-state index is 12.7. The summed E-state index contributed by atoms with van der Waals surface area (Å²) in [6.45, 7) is 2.08. The highest BCUT2D eigenvalue weighted by molar-refractivity contribution is 5.76. The molecule has 2 aromatic carbocycles. The van der Waals surface area contributed by atoms with Gasteiger partial charge in [-0.3, -0.25) is 9.59 Å². The fraction of sp³-hybridized carbons (Fsp3) is 0.385. The lowest BCUT2D eigenvalue weighted by atomic mass is 9.86. The summed E-state index contributed by atoms with van der Waals surface area (Å²) in [5.41, 5.74) is 3.24. The molecule has 1 saturated carbocycles. The second-order valence-corrected chi connectivity index (χ2v) is 8.92. The van der Waals surface area contributed by atoms with Gasteiger partial charge in [0.1, 0.15) is 11.4 Å². The molecule has 5 rings (SSSR count). The van der Waals surface area contributed by atoms with E-state index in [4.69, 9.17) is 4.74 Å². The Morgan fingerprint density at radius 3 is 2.58 bits per heavy atom. The van der Waals surface area contributed by atoms with Gasteiger partial charge in [0.15, 0.2) is 5.82 Å². The number of ether oxygens (including phenoxy) is 1. The number of aromatic nitrogens is 3. The van der Waals surface area contributed by atoms with Crippen LogP contribution in [0.5, 0.6) is 5.75 Å². The standard InChI is InChI=1S/C26H28N4O3/c31-24(30-15-14-19-6-1-2-7-21(19)16-30)13-12-23-26(32)27-25(29-28-23)20-8-10-22(11-9-20)33-17-18-4-3-5-18/h1-2,6-11,18H,3-5,12-17H2,(H,27,29,32). The number of carbonyl (C=O) groups is 1. The second-order valence-electron chi connectivity index (χ2n) is 8.92. The molecule has 1 N–H and O–H groups in total. The van der Waals surface area contributed by atoms with Crippen molar-refractivity contribution in [2.45, 2.75) is 45.1 Å². The van der Waals surface area contributed by atoms with Crippen molar-refractivity contribution in [3.63, 3.8) is 0 Å². The molecule has 1 aliphatic heterocycles. The van der Waals surface area contributed by atoms with E-state index in [1.54, 1.807) is 0 Å². The third-order valence-corrected chi connectivity index (χ3v) is 6.66. The highest BCUT2D eigenvalue weighted by Gasteiger charge is 2.21. The summed E-state index contributed by atoms with van der Waals surface area (Å²) in [6.07, 6.45) is 5.18. The quantitative estimate of drug-likeness (QED) is 0.602. The van der Waals surface area contributed by atoms with Gasteiger partial charge in [0.25, 0.3) is 5.56 Å². The van der Waals surface area contributed by atoms with Crippen LogP contribution >= 0.6 is 0 Å². The third-order valence-electron chi connectivity index (χ3n) is 6.66. The summed E-state index contributed by atoms with van der Waals surface area (Å²) < 4.78 is 5.82. The van der Waals surface area contributed by atoms with Gasteiger partial charge in [-0.2, -0.15) is 0 Å². The van der Waals surface area contributed by atoms with Crippen molar-refractivity contribution < 1.29 is 9.53 Å². The van der Waals surface area contributed by atoms with Crippen molar-refractivity contribution in [1.82, 2.24) is 20.1 Å².